The molecule has 2 rings (SSSR count). The zero-order valence-electron chi connectivity index (χ0n) is 11.1. The standard InChI is InChI=1S/C14H18F3NO/c1-13(2)12(18-9-5-8-14(15,16)17)10-6-3-4-7-11(10)19-13/h3-4,6-7,12,18H,5,8-9H2,1-2H3. The van der Waals surface area contributed by atoms with Crippen LogP contribution in [0.2, 0.25) is 0 Å². The Labute approximate surface area is 111 Å². The average Bonchev–Trinajstić information content (AvgIpc) is 2.53. The third-order valence-electron chi connectivity index (χ3n) is 3.28. The fourth-order valence-electron chi connectivity index (χ4n) is 2.42. The second-order valence-electron chi connectivity index (χ2n) is 5.35. The van der Waals surface area contributed by atoms with Crippen LogP contribution in [0, 0.1) is 0 Å². The van der Waals surface area contributed by atoms with Crippen molar-refractivity contribution < 1.29 is 17.9 Å². The Bertz CT molecular complexity index is 443. The molecule has 1 heterocycles. The van der Waals surface area contributed by atoms with Gasteiger partial charge >= 0.3 is 6.18 Å². The maximum absolute atomic E-state index is 12.1. The van der Waals surface area contributed by atoms with Crippen molar-refractivity contribution in [1.29, 1.82) is 0 Å². The molecule has 1 aliphatic heterocycles. The van der Waals surface area contributed by atoms with Crippen molar-refractivity contribution in [2.75, 3.05) is 6.54 Å². The van der Waals surface area contributed by atoms with Gasteiger partial charge in [-0.15, -0.1) is 0 Å². The highest BCUT2D eigenvalue weighted by molar-refractivity contribution is 5.42. The molecule has 1 atom stereocenters. The number of nitrogens with one attached hydrogen (secondary N) is 1. The van der Waals surface area contributed by atoms with E-state index in [9.17, 15) is 13.2 Å². The molecule has 106 valence electrons. The van der Waals surface area contributed by atoms with Gasteiger partial charge < -0.3 is 10.1 Å². The van der Waals surface area contributed by atoms with Gasteiger partial charge in [-0.2, -0.15) is 13.2 Å². The van der Waals surface area contributed by atoms with Crippen LogP contribution in [0.3, 0.4) is 0 Å². The molecule has 0 amide bonds. The molecule has 0 aromatic heterocycles. The maximum Gasteiger partial charge on any atom is 0.389 e. The fourth-order valence-corrected chi connectivity index (χ4v) is 2.42. The van der Waals surface area contributed by atoms with Crippen molar-refractivity contribution in [3.8, 4) is 5.75 Å². The number of hydrogen-bond donors (Lipinski definition) is 1. The lowest BCUT2D eigenvalue weighted by Gasteiger charge is -2.27. The number of alkyl halides is 3. The number of hydrogen-bond acceptors (Lipinski definition) is 2. The Hall–Kier alpha value is -1.23. The second kappa shape index (κ2) is 5.04. The SMILES string of the molecule is CC1(C)Oc2ccccc2C1NCCCC(F)(F)F. The van der Waals surface area contributed by atoms with E-state index in [0.717, 1.165) is 11.3 Å². The van der Waals surface area contributed by atoms with Crippen molar-refractivity contribution in [3.05, 3.63) is 29.8 Å². The molecule has 0 saturated heterocycles. The molecule has 5 heteroatoms. The second-order valence-corrected chi connectivity index (χ2v) is 5.35. The Morgan fingerprint density at radius 1 is 1.26 bits per heavy atom. The van der Waals surface area contributed by atoms with Crippen molar-refractivity contribution in [2.45, 2.75) is 44.5 Å². The van der Waals surface area contributed by atoms with Crippen LogP contribution >= 0.6 is 0 Å². The highest BCUT2D eigenvalue weighted by Crippen LogP contribution is 2.42. The van der Waals surface area contributed by atoms with E-state index in [1.54, 1.807) is 0 Å². The molecular formula is C14H18F3NO. The fraction of sp³-hybridized carbons (Fsp3) is 0.571. The van der Waals surface area contributed by atoms with Gasteiger partial charge in [0.05, 0.1) is 6.04 Å². The highest BCUT2D eigenvalue weighted by atomic mass is 19.4. The molecule has 2 nitrogen and oxygen atoms in total. The van der Waals surface area contributed by atoms with Crippen LogP contribution in [0.1, 0.15) is 38.3 Å². The maximum atomic E-state index is 12.1. The summed E-state index contributed by atoms with van der Waals surface area (Å²) < 4.78 is 42.1. The van der Waals surface area contributed by atoms with E-state index < -0.39 is 18.2 Å². The van der Waals surface area contributed by atoms with E-state index in [2.05, 4.69) is 5.32 Å². The molecule has 0 bridgehead atoms. The Balaban J connectivity index is 1.96. The third kappa shape index (κ3) is 3.41. The van der Waals surface area contributed by atoms with Crippen molar-refractivity contribution in [1.82, 2.24) is 5.32 Å². The quantitative estimate of drug-likeness (QED) is 0.842. The summed E-state index contributed by atoms with van der Waals surface area (Å²) in [4.78, 5) is 0. The van der Waals surface area contributed by atoms with Crippen LogP contribution in [0.25, 0.3) is 0 Å². The van der Waals surface area contributed by atoms with Crippen LogP contribution in [-0.4, -0.2) is 18.3 Å². The minimum Gasteiger partial charge on any atom is -0.486 e. The van der Waals surface area contributed by atoms with E-state index in [0.29, 0.717) is 6.54 Å². The number of fused-ring (bicyclic) bond motifs is 1. The molecule has 0 saturated carbocycles. The van der Waals surface area contributed by atoms with Gasteiger partial charge in [0.15, 0.2) is 0 Å². The van der Waals surface area contributed by atoms with Crippen LogP contribution in [-0.2, 0) is 0 Å². The van der Waals surface area contributed by atoms with Crippen LogP contribution < -0.4 is 10.1 Å². The molecule has 1 unspecified atom stereocenters. The molecule has 0 spiro atoms. The molecule has 0 aliphatic carbocycles. The van der Waals surface area contributed by atoms with E-state index in [-0.39, 0.29) is 12.5 Å². The van der Waals surface area contributed by atoms with Gasteiger partial charge in [0.25, 0.3) is 0 Å². The summed E-state index contributed by atoms with van der Waals surface area (Å²) in [5.74, 6) is 0.806. The van der Waals surface area contributed by atoms with E-state index in [1.165, 1.54) is 0 Å². The first-order valence-corrected chi connectivity index (χ1v) is 6.38. The highest BCUT2D eigenvalue weighted by Gasteiger charge is 2.40. The summed E-state index contributed by atoms with van der Waals surface area (Å²) in [6, 6.07) is 7.56. The number of halogens is 3. The van der Waals surface area contributed by atoms with Gasteiger partial charge in [0.1, 0.15) is 11.4 Å². The molecular weight excluding hydrogens is 255 g/mol. The molecule has 19 heavy (non-hydrogen) atoms. The van der Waals surface area contributed by atoms with Crippen LogP contribution in [0.5, 0.6) is 5.75 Å². The Kier molecular flexibility index (Phi) is 3.76. The van der Waals surface area contributed by atoms with Gasteiger partial charge in [-0.1, -0.05) is 18.2 Å². The summed E-state index contributed by atoms with van der Waals surface area (Å²) in [6.45, 7) is 4.20. The average molecular weight is 273 g/mol. The number of ether oxygens (including phenoxy) is 1. The third-order valence-corrected chi connectivity index (χ3v) is 3.28. The lowest BCUT2D eigenvalue weighted by molar-refractivity contribution is -0.135. The first kappa shape index (κ1) is 14.2. The van der Waals surface area contributed by atoms with Crippen molar-refractivity contribution in [2.24, 2.45) is 0 Å². The normalized spacial score (nSPS) is 21.0. The minimum atomic E-state index is -4.08. The molecule has 1 aromatic rings. The summed E-state index contributed by atoms with van der Waals surface area (Å²) in [6.07, 6.45) is -4.75. The Morgan fingerprint density at radius 3 is 2.63 bits per heavy atom. The number of rotatable bonds is 4. The van der Waals surface area contributed by atoms with E-state index in [4.69, 9.17) is 4.74 Å². The van der Waals surface area contributed by atoms with Gasteiger partial charge in [0.2, 0.25) is 0 Å². The molecule has 1 N–H and O–H groups in total. The summed E-state index contributed by atoms with van der Waals surface area (Å²) in [7, 11) is 0. The van der Waals surface area contributed by atoms with Crippen molar-refractivity contribution >= 4 is 0 Å². The first-order valence-electron chi connectivity index (χ1n) is 6.38. The molecule has 0 fully saturated rings. The van der Waals surface area contributed by atoms with E-state index >= 15 is 0 Å². The molecule has 0 radical (unpaired) electrons. The topological polar surface area (TPSA) is 21.3 Å². The predicted molar refractivity (Wildman–Crippen MR) is 67.2 cm³/mol. The van der Waals surface area contributed by atoms with Gasteiger partial charge in [-0.25, -0.2) is 0 Å². The zero-order chi connectivity index (χ0) is 14.1. The molecule has 1 aliphatic rings. The van der Waals surface area contributed by atoms with Crippen LogP contribution in [0.4, 0.5) is 13.2 Å². The minimum absolute atomic E-state index is 0.0723. The van der Waals surface area contributed by atoms with Gasteiger partial charge in [-0.05, 0) is 32.9 Å². The number of para-hydroxylation sites is 1. The lowest BCUT2D eigenvalue weighted by atomic mass is 9.94. The Morgan fingerprint density at radius 2 is 1.95 bits per heavy atom. The summed E-state index contributed by atoms with van der Waals surface area (Å²) in [5.41, 5.74) is 0.571. The summed E-state index contributed by atoms with van der Waals surface area (Å²) in [5, 5.41) is 3.18. The van der Waals surface area contributed by atoms with Crippen LogP contribution in [0.15, 0.2) is 24.3 Å². The largest absolute Gasteiger partial charge is 0.486 e. The molecule has 1 aromatic carbocycles. The van der Waals surface area contributed by atoms with Crippen molar-refractivity contribution in [3.63, 3.8) is 0 Å². The smallest absolute Gasteiger partial charge is 0.389 e. The van der Waals surface area contributed by atoms with E-state index in [1.807, 2.05) is 38.1 Å². The first-order chi connectivity index (χ1) is 8.80. The predicted octanol–water partition coefficient (Wildman–Crippen LogP) is 3.83. The zero-order valence-corrected chi connectivity index (χ0v) is 11.1. The lowest BCUT2D eigenvalue weighted by Crippen LogP contribution is -2.39. The summed E-state index contributed by atoms with van der Waals surface area (Å²) >= 11 is 0. The number of benzene rings is 1. The van der Waals surface area contributed by atoms with Gasteiger partial charge in [-0.3, -0.25) is 0 Å². The van der Waals surface area contributed by atoms with Gasteiger partial charge in [0, 0.05) is 12.0 Å². The monoisotopic (exact) mass is 273 g/mol.